The maximum absolute atomic E-state index is 6.14. The molecule has 0 spiro atoms. The van der Waals surface area contributed by atoms with E-state index in [-0.39, 0.29) is 5.67 Å². The van der Waals surface area contributed by atoms with Gasteiger partial charge in [0.05, 0.1) is 5.67 Å². The molecule has 0 fully saturated rings. The maximum Gasteiger partial charge on any atom is 0.518 e. The summed E-state index contributed by atoms with van der Waals surface area (Å²) in [5.41, 5.74) is 5.99. The van der Waals surface area contributed by atoms with Crippen LogP contribution in [0.5, 0.6) is 0 Å². The van der Waals surface area contributed by atoms with Gasteiger partial charge in [0.1, 0.15) is 0 Å². The van der Waals surface area contributed by atoms with Crippen LogP contribution >= 0.6 is 0 Å². The summed E-state index contributed by atoms with van der Waals surface area (Å²) in [6.07, 6.45) is 0. The molecule has 0 amide bonds. The third-order valence-electron chi connectivity index (χ3n) is 2.16. The minimum atomic E-state index is -2.68. The standard InChI is InChI=1S/C10H25NO3Si/c1-6-12-15(13-7-2,14-8-3)10(11)9(4)5/h9-10H,6-8,11H2,1-5H3. The Morgan fingerprint density at radius 2 is 1.27 bits per heavy atom. The normalized spacial score (nSPS) is 14.6. The van der Waals surface area contributed by atoms with Crippen molar-refractivity contribution in [2.75, 3.05) is 19.8 Å². The summed E-state index contributed by atoms with van der Waals surface area (Å²) in [4.78, 5) is 0. The minimum absolute atomic E-state index is 0.155. The van der Waals surface area contributed by atoms with Crippen molar-refractivity contribution < 1.29 is 13.3 Å². The Morgan fingerprint density at radius 3 is 1.47 bits per heavy atom. The first kappa shape index (κ1) is 15.1. The fourth-order valence-corrected chi connectivity index (χ4v) is 4.28. The maximum atomic E-state index is 6.14. The molecule has 92 valence electrons. The fourth-order valence-electron chi connectivity index (χ4n) is 1.43. The number of rotatable bonds is 8. The zero-order valence-corrected chi connectivity index (χ0v) is 11.6. The molecular weight excluding hydrogens is 210 g/mol. The van der Waals surface area contributed by atoms with Crippen molar-refractivity contribution >= 4 is 8.80 Å². The lowest BCUT2D eigenvalue weighted by atomic mass is 10.2. The largest absolute Gasteiger partial charge is 0.518 e. The van der Waals surface area contributed by atoms with Crippen molar-refractivity contribution in [3.05, 3.63) is 0 Å². The van der Waals surface area contributed by atoms with Crippen LogP contribution in [0.3, 0.4) is 0 Å². The van der Waals surface area contributed by atoms with Crippen molar-refractivity contribution in [2.24, 2.45) is 11.7 Å². The molecule has 0 saturated carbocycles. The molecule has 0 aromatic heterocycles. The van der Waals surface area contributed by atoms with Crippen molar-refractivity contribution in [2.45, 2.75) is 40.3 Å². The van der Waals surface area contributed by atoms with Crippen LogP contribution in [0.2, 0.25) is 0 Å². The van der Waals surface area contributed by atoms with Gasteiger partial charge in [-0.15, -0.1) is 0 Å². The summed E-state index contributed by atoms with van der Waals surface area (Å²) in [6.45, 7) is 11.7. The first-order chi connectivity index (χ1) is 7.04. The zero-order chi connectivity index (χ0) is 11.9. The fraction of sp³-hybridized carbons (Fsp3) is 1.00. The highest BCUT2D eigenvalue weighted by Crippen LogP contribution is 2.19. The van der Waals surface area contributed by atoms with Crippen LogP contribution in [0.15, 0.2) is 0 Å². The molecule has 2 N–H and O–H groups in total. The summed E-state index contributed by atoms with van der Waals surface area (Å²) in [7, 11) is -2.68. The van der Waals surface area contributed by atoms with E-state index in [2.05, 4.69) is 13.8 Å². The molecule has 0 radical (unpaired) electrons. The first-order valence-electron chi connectivity index (χ1n) is 5.71. The van der Waals surface area contributed by atoms with Crippen LogP contribution in [0.4, 0.5) is 0 Å². The molecule has 1 unspecified atom stereocenters. The van der Waals surface area contributed by atoms with E-state index < -0.39 is 8.80 Å². The average Bonchev–Trinajstić information content (AvgIpc) is 2.17. The lowest BCUT2D eigenvalue weighted by Crippen LogP contribution is -2.62. The van der Waals surface area contributed by atoms with Crippen LogP contribution in [0.25, 0.3) is 0 Å². The molecule has 0 aliphatic carbocycles. The monoisotopic (exact) mass is 235 g/mol. The van der Waals surface area contributed by atoms with E-state index >= 15 is 0 Å². The smallest absolute Gasteiger partial charge is 0.373 e. The topological polar surface area (TPSA) is 53.7 Å². The van der Waals surface area contributed by atoms with Crippen LogP contribution in [-0.2, 0) is 13.3 Å². The van der Waals surface area contributed by atoms with Gasteiger partial charge < -0.3 is 19.0 Å². The Morgan fingerprint density at radius 1 is 0.933 bits per heavy atom. The van der Waals surface area contributed by atoms with Gasteiger partial charge in [0, 0.05) is 19.8 Å². The van der Waals surface area contributed by atoms with Gasteiger partial charge in [-0.2, -0.15) is 0 Å². The lowest BCUT2D eigenvalue weighted by Gasteiger charge is -2.34. The van der Waals surface area contributed by atoms with Crippen LogP contribution in [-0.4, -0.2) is 34.3 Å². The second-order valence-electron chi connectivity index (χ2n) is 3.67. The molecule has 0 aliphatic rings. The SMILES string of the molecule is CCO[Si](OCC)(OCC)C(N)C(C)C. The second kappa shape index (κ2) is 7.35. The van der Waals surface area contributed by atoms with Gasteiger partial charge in [-0.1, -0.05) is 13.8 Å². The Bertz CT molecular complexity index is 150. The van der Waals surface area contributed by atoms with Crippen LogP contribution in [0, 0.1) is 5.92 Å². The predicted octanol–water partition coefficient (Wildman–Crippen LogP) is 1.56. The Balaban J connectivity index is 4.73. The Kier molecular flexibility index (Phi) is 7.38. The van der Waals surface area contributed by atoms with Gasteiger partial charge >= 0.3 is 8.80 Å². The van der Waals surface area contributed by atoms with E-state index in [1.165, 1.54) is 0 Å². The van der Waals surface area contributed by atoms with Gasteiger partial charge in [0.15, 0.2) is 0 Å². The Labute approximate surface area is 94.5 Å². The highest BCUT2D eigenvalue weighted by atomic mass is 28.4. The molecule has 0 aliphatic heterocycles. The molecule has 1 atom stereocenters. The third kappa shape index (κ3) is 4.20. The van der Waals surface area contributed by atoms with E-state index in [4.69, 9.17) is 19.0 Å². The van der Waals surface area contributed by atoms with Crippen molar-refractivity contribution in [1.29, 1.82) is 0 Å². The lowest BCUT2D eigenvalue weighted by molar-refractivity contribution is 0.0573. The molecule has 4 nitrogen and oxygen atoms in total. The van der Waals surface area contributed by atoms with E-state index in [1.54, 1.807) is 0 Å². The van der Waals surface area contributed by atoms with Crippen molar-refractivity contribution in [1.82, 2.24) is 0 Å². The van der Waals surface area contributed by atoms with Crippen molar-refractivity contribution in [3.8, 4) is 0 Å². The number of nitrogens with two attached hydrogens (primary N) is 1. The summed E-state index contributed by atoms with van der Waals surface area (Å²) < 4.78 is 17.1. The zero-order valence-electron chi connectivity index (χ0n) is 10.6. The predicted molar refractivity (Wildman–Crippen MR) is 63.4 cm³/mol. The minimum Gasteiger partial charge on any atom is -0.373 e. The average molecular weight is 235 g/mol. The van der Waals surface area contributed by atoms with Gasteiger partial charge in [0.2, 0.25) is 0 Å². The number of hydrogen-bond donors (Lipinski definition) is 1. The van der Waals surface area contributed by atoms with E-state index in [0.29, 0.717) is 25.7 Å². The highest BCUT2D eigenvalue weighted by molar-refractivity contribution is 6.62. The van der Waals surface area contributed by atoms with Gasteiger partial charge in [0.25, 0.3) is 0 Å². The van der Waals surface area contributed by atoms with Crippen LogP contribution < -0.4 is 5.73 Å². The molecule has 0 bridgehead atoms. The van der Waals surface area contributed by atoms with Gasteiger partial charge in [-0.25, -0.2) is 0 Å². The van der Waals surface area contributed by atoms with E-state index in [1.807, 2.05) is 20.8 Å². The van der Waals surface area contributed by atoms with Gasteiger partial charge in [-0.3, -0.25) is 0 Å². The highest BCUT2D eigenvalue weighted by Gasteiger charge is 2.48. The summed E-state index contributed by atoms with van der Waals surface area (Å²) >= 11 is 0. The number of hydrogen-bond acceptors (Lipinski definition) is 4. The van der Waals surface area contributed by atoms with Gasteiger partial charge in [-0.05, 0) is 26.7 Å². The van der Waals surface area contributed by atoms with Crippen molar-refractivity contribution in [3.63, 3.8) is 0 Å². The molecule has 0 saturated heterocycles. The summed E-state index contributed by atoms with van der Waals surface area (Å²) in [5.74, 6) is 0.293. The third-order valence-corrected chi connectivity index (χ3v) is 5.72. The summed E-state index contributed by atoms with van der Waals surface area (Å²) in [6, 6.07) is 0. The molecule has 0 aromatic rings. The molecule has 0 aromatic carbocycles. The molecule has 0 heterocycles. The molecule has 15 heavy (non-hydrogen) atoms. The van der Waals surface area contributed by atoms with E-state index in [0.717, 1.165) is 0 Å². The van der Waals surface area contributed by atoms with E-state index in [9.17, 15) is 0 Å². The quantitative estimate of drug-likeness (QED) is 0.649. The molecule has 5 heteroatoms. The second-order valence-corrected chi connectivity index (χ2v) is 6.41. The summed E-state index contributed by atoms with van der Waals surface area (Å²) in [5, 5.41) is 0. The molecular formula is C10H25NO3Si. The molecule has 0 rings (SSSR count). The first-order valence-corrected chi connectivity index (χ1v) is 7.51. The Hall–Kier alpha value is 0.0569. The van der Waals surface area contributed by atoms with Crippen LogP contribution in [0.1, 0.15) is 34.6 Å².